The summed E-state index contributed by atoms with van der Waals surface area (Å²) in [5.41, 5.74) is 2.54. The highest BCUT2D eigenvalue weighted by molar-refractivity contribution is 7.11. The Bertz CT molecular complexity index is 757. The number of hydrogen-bond acceptors (Lipinski definition) is 6. The minimum Gasteiger partial charge on any atom is -0.485 e. The third-order valence-corrected chi connectivity index (χ3v) is 5.74. The van der Waals surface area contributed by atoms with E-state index in [9.17, 15) is 4.79 Å². The van der Waals surface area contributed by atoms with Crippen molar-refractivity contribution in [1.82, 2.24) is 14.9 Å². The smallest absolute Gasteiger partial charge is 0.265 e. The maximum absolute atomic E-state index is 12.6. The number of ether oxygens (including phenoxy) is 1. The van der Waals surface area contributed by atoms with Gasteiger partial charge in [-0.1, -0.05) is 0 Å². The Kier molecular flexibility index (Phi) is 4.57. The molecule has 0 unspecified atom stereocenters. The SMILES string of the molecule is Cc1ncsc1C(=O)N1CC[C@H](Oc2cccnc2N2CCCC2)C1. The van der Waals surface area contributed by atoms with Crippen molar-refractivity contribution in [2.45, 2.75) is 32.3 Å². The summed E-state index contributed by atoms with van der Waals surface area (Å²) in [5.74, 6) is 1.83. The molecular weight excluding hydrogens is 336 g/mol. The van der Waals surface area contributed by atoms with Gasteiger partial charge in [0.2, 0.25) is 0 Å². The van der Waals surface area contributed by atoms with Gasteiger partial charge in [0.1, 0.15) is 11.0 Å². The number of anilines is 1. The van der Waals surface area contributed by atoms with Crippen LogP contribution < -0.4 is 9.64 Å². The van der Waals surface area contributed by atoms with Crippen LogP contribution in [-0.2, 0) is 0 Å². The van der Waals surface area contributed by atoms with Crippen molar-refractivity contribution in [1.29, 1.82) is 0 Å². The molecule has 7 heteroatoms. The molecule has 4 rings (SSSR count). The summed E-state index contributed by atoms with van der Waals surface area (Å²) >= 11 is 1.41. The predicted octanol–water partition coefficient (Wildman–Crippen LogP) is 2.74. The number of rotatable bonds is 4. The molecule has 0 saturated carbocycles. The number of amides is 1. The van der Waals surface area contributed by atoms with E-state index in [1.807, 2.05) is 30.2 Å². The number of thiazole rings is 1. The summed E-state index contributed by atoms with van der Waals surface area (Å²) in [6.07, 6.45) is 5.09. The van der Waals surface area contributed by atoms with E-state index in [4.69, 9.17) is 4.74 Å². The zero-order valence-corrected chi connectivity index (χ0v) is 15.2. The Morgan fingerprint density at radius 2 is 2.12 bits per heavy atom. The number of carbonyl (C=O) groups excluding carboxylic acids is 1. The van der Waals surface area contributed by atoms with Crippen LogP contribution in [0.5, 0.6) is 5.75 Å². The normalized spacial score (nSPS) is 20.3. The third-order valence-electron chi connectivity index (χ3n) is 4.82. The zero-order chi connectivity index (χ0) is 17.2. The number of hydrogen-bond donors (Lipinski definition) is 0. The maximum Gasteiger partial charge on any atom is 0.265 e. The molecule has 4 heterocycles. The Morgan fingerprint density at radius 1 is 1.28 bits per heavy atom. The average Bonchev–Trinajstić information content (AvgIpc) is 3.36. The Balaban J connectivity index is 1.43. The van der Waals surface area contributed by atoms with Gasteiger partial charge >= 0.3 is 0 Å². The Hall–Kier alpha value is -2.15. The molecule has 1 atom stereocenters. The summed E-state index contributed by atoms with van der Waals surface area (Å²) < 4.78 is 6.24. The van der Waals surface area contributed by atoms with Crippen LogP contribution in [0.15, 0.2) is 23.8 Å². The largest absolute Gasteiger partial charge is 0.485 e. The van der Waals surface area contributed by atoms with E-state index in [0.717, 1.165) is 48.2 Å². The van der Waals surface area contributed by atoms with Gasteiger partial charge in [-0.3, -0.25) is 4.79 Å². The van der Waals surface area contributed by atoms with Crippen molar-refractivity contribution in [3.63, 3.8) is 0 Å². The first kappa shape index (κ1) is 16.3. The molecule has 0 spiro atoms. The highest BCUT2D eigenvalue weighted by Gasteiger charge is 2.30. The van der Waals surface area contributed by atoms with E-state index in [0.29, 0.717) is 6.54 Å². The van der Waals surface area contributed by atoms with E-state index < -0.39 is 0 Å². The van der Waals surface area contributed by atoms with Gasteiger partial charge in [-0.05, 0) is 31.9 Å². The van der Waals surface area contributed by atoms with Crippen molar-refractivity contribution in [2.24, 2.45) is 0 Å². The quantitative estimate of drug-likeness (QED) is 0.841. The molecule has 2 aliphatic heterocycles. The molecule has 0 bridgehead atoms. The molecule has 0 radical (unpaired) electrons. The van der Waals surface area contributed by atoms with Crippen molar-refractivity contribution >= 4 is 23.1 Å². The topological polar surface area (TPSA) is 58.6 Å². The molecule has 0 aliphatic carbocycles. The minimum atomic E-state index is 0.0164. The van der Waals surface area contributed by atoms with Crippen molar-refractivity contribution in [2.75, 3.05) is 31.1 Å². The Labute approximate surface area is 151 Å². The lowest BCUT2D eigenvalue weighted by atomic mass is 10.3. The lowest BCUT2D eigenvalue weighted by Gasteiger charge is -2.22. The molecule has 0 aromatic carbocycles. The lowest BCUT2D eigenvalue weighted by Crippen LogP contribution is -2.31. The number of aryl methyl sites for hydroxylation is 1. The zero-order valence-electron chi connectivity index (χ0n) is 14.4. The first-order valence-corrected chi connectivity index (χ1v) is 9.66. The lowest BCUT2D eigenvalue weighted by molar-refractivity contribution is 0.0776. The minimum absolute atomic E-state index is 0.0164. The molecule has 132 valence electrons. The van der Waals surface area contributed by atoms with Gasteiger partial charge in [-0.25, -0.2) is 9.97 Å². The van der Waals surface area contributed by atoms with E-state index in [-0.39, 0.29) is 12.0 Å². The van der Waals surface area contributed by atoms with E-state index in [1.165, 1.54) is 24.2 Å². The number of nitrogens with zero attached hydrogens (tertiary/aromatic N) is 4. The second kappa shape index (κ2) is 7.00. The molecular formula is C18H22N4O2S. The number of pyridine rings is 1. The molecule has 2 saturated heterocycles. The van der Waals surface area contributed by atoms with Gasteiger partial charge in [0.05, 0.1) is 17.7 Å². The van der Waals surface area contributed by atoms with Gasteiger partial charge in [0.15, 0.2) is 11.6 Å². The van der Waals surface area contributed by atoms with Crippen LogP contribution in [0, 0.1) is 6.92 Å². The van der Waals surface area contributed by atoms with Gasteiger partial charge in [-0.15, -0.1) is 11.3 Å². The first-order chi connectivity index (χ1) is 12.2. The highest BCUT2D eigenvalue weighted by Crippen LogP contribution is 2.30. The van der Waals surface area contributed by atoms with Crippen LogP contribution in [0.2, 0.25) is 0 Å². The molecule has 25 heavy (non-hydrogen) atoms. The molecule has 0 N–H and O–H groups in total. The van der Waals surface area contributed by atoms with E-state index in [1.54, 1.807) is 5.51 Å². The van der Waals surface area contributed by atoms with Crippen LogP contribution in [0.3, 0.4) is 0 Å². The van der Waals surface area contributed by atoms with Crippen LogP contribution in [0.1, 0.15) is 34.6 Å². The van der Waals surface area contributed by atoms with Crippen molar-refractivity contribution in [3.8, 4) is 5.75 Å². The highest BCUT2D eigenvalue weighted by atomic mass is 32.1. The second-order valence-electron chi connectivity index (χ2n) is 6.57. The number of aromatic nitrogens is 2. The standard InChI is InChI=1S/C18H22N4O2S/c1-13-16(25-12-20-13)18(23)22-10-6-14(11-22)24-15-5-4-7-19-17(15)21-8-2-3-9-21/h4-5,7,12,14H,2-3,6,8-11H2,1H3/t14-/m0/s1. The van der Waals surface area contributed by atoms with Crippen LogP contribution in [-0.4, -0.2) is 53.1 Å². The molecule has 2 aromatic heterocycles. The van der Waals surface area contributed by atoms with E-state index in [2.05, 4.69) is 14.9 Å². The summed E-state index contributed by atoms with van der Waals surface area (Å²) in [5, 5.41) is 0. The van der Waals surface area contributed by atoms with Crippen LogP contribution in [0.25, 0.3) is 0 Å². The average molecular weight is 358 g/mol. The van der Waals surface area contributed by atoms with Gasteiger partial charge in [0.25, 0.3) is 5.91 Å². The molecule has 1 amide bonds. The van der Waals surface area contributed by atoms with Crippen LogP contribution in [0.4, 0.5) is 5.82 Å². The molecule has 2 aromatic rings. The van der Waals surface area contributed by atoms with Crippen LogP contribution >= 0.6 is 11.3 Å². The summed E-state index contributed by atoms with van der Waals surface area (Å²) in [6.45, 7) is 5.29. The second-order valence-corrected chi connectivity index (χ2v) is 7.42. The number of carbonyl (C=O) groups is 1. The number of likely N-dealkylation sites (tertiary alicyclic amines) is 1. The predicted molar refractivity (Wildman–Crippen MR) is 97.5 cm³/mol. The van der Waals surface area contributed by atoms with Gasteiger partial charge < -0.3 is 14.5 Å². The van der Waals surface area contributed by atoms with Gasteiger partial charge in [-0.2, -0.15) is 0 Å². The van der Waals surface area contributed by atoms with Crippen molar-refractivity contribution < 1.29 is 9.53 Å². The Morgan fingerprint density at radius 3 is 2.88 bits per heavy atom. The molecule has 2 aliphatic rings. The fraction of sp³-hybridized carbons (Fsp3) is 0.500. The summed E-state index contributed by atoms with van der Waals surface area (Å²) in [6, 6.07) is 3.89. The van der Waals surface area contributed by atoms with Crippen molar-refractivity contribution in [3.05, 3.63) is 34.4 Å². The fourth-order valence-electron chi connectivity index (χ4n) is 3.48. The van der Waals surface area contributed by atoms with E-state index >= 15 is 0 Å². The molecule has 6 nitrogen and oxygen atoms in total. The van der Waals surface area contributed by atoms with Gasteiger partial charge in [0, 0.05) is 32.3 Å². The molecule has 2 fully saturated rings. The third kappa shape index (κ3) is 3.33. The monoisotopic (exact) mass is 358 g/mol. The summed E-state index contributed by atoms with van der Waals surface area (Å²) in [4.78, 5) is 26.2. The maximum atomic E-state index is 12.6. The first-order valence-electron chi connectivity index (χ1n) is 8.78. The fourth-order valence-corrected chi connectivity index (χ4v) is 4.25. The summed E-state index contributed by atoms with van der Waals surface area (Å²) in [7, 11) is 0.